The maximum atomic E-state index is 12.4. The van der Waals surface area contributed by atoms with Crippen LogP contribution in [0.2, 0.25) is 0 Å². The van der Waals surface area contributed by atoms with E-state index in [9.17, 15) is 19.2 Å². The molecule has 5 aliphatic heterocycles. The molecule has 0 bridgehead atoms. The van der Waals surface area contributed by atoms with Crippen LogP contribution in [0.5, 0.6) is 0 Å². The second kappa shape index (κ2) is 20.9. The van der Waals surface area contributed by atoms with Crippen LogP contribution in [0.4, 0.5) is 0 Å². The van der Waals surface area contributed by atoms with Crippen LogP contribution < -0.4 is 0 Å². The van der Waals surface area contributed by atoms with Crippen molar-refractivity contribution in [1.82, 2.24) is 39.2 Å². The van der Waals surface area contributed by atoms with Gasteiger partial charge in [0.15, 0.2) is 0 Å². The second-order valence-electron chi connectivity index (χ2n) is 19.6. The standard InChI is InChI=1S/C21H38N4O3.C21H40N4O2/c1-21(2,3)16-19(26)24-6-4-18(5-7-24)23-10-8-22(9-11-23)17-20(27)25-12-14-28-15-13-25;1-17-14-23(16-20(27)22(5)6)11-12-25(17)15-18-7-9-24(10-8-18)19(26)13-21(2,3)4/h18H,4-17H2,1-3H3;17-18H,7-16H2,1-6H3/t;17-/m.1/s1. The Morgan fingerprint density at radius 1 is 0.600 bits per heavy atom. The molecule has 0 saturated carbocycles. The summed E-state index contributed by atoms with van der Waals surface area (Å²) < 4.78 is 5.33. The van der Waals surface area contributed by atoms with Crippen LogP contribution in [-0.2, 0) is 23.9 Å². The van der Waals surface area contributed by atoms with E-state index in [4.69, 9.17) is 4.74 Å². The van der Waals surface area contributed by atoms with Crippen molar-refractivity contribution in [3.63, 3.8) is 0 Å². The number of morpholine rings is 1. The van der Waals surface area contributed by atoms with Crippen molar-refractivity contribution in [2.24, 2.45) is 16.7 Å². The van der Waals surface area contributed by atoms with E-state index in [1.165, 1.54) is 0 Å². The number of hydrogen-bond acceptors (Lipinski definition) is 9. The number of amides is 4. The van der Waals surface area contributed by atoms with Crippen LogP contribution in [0.3, 0.4) is 0 Å². The first-order valence-electron chi connectivity index (χ1n) is 21.4. The average Bonchev–Trinajstić information content (AvgIpc) is 3.12. The van der Waals surface area contributed by atoms with Crippen LogP contribution >= 0.6 is 0 Å². The SMILES string of the molecule is CC(C)(C)CC(=O)N1CCC(N2CCN(CC(=O)N3CCOCC3)CC2)CC1.C[C@@H]1CN(CC(=O)N(C)C)CCN1CC1CCN(C(=O)CC(C)(C)C)CC1. The van der Waals surface area contributed by atoms with Crippen LogP contribution in [-0.4, -0.2) is 207 Å². The number of likely N-dealkylation sites (tertiary alicyclic amines) is 2. The molecule has 0 unspecified atom stereocenters. The van der Waals surface area contributed by atoms with Gasteiger partial charge in [-0.25, -0.2) is 0 Å². The number of piperazine rings is 2. The van der Waals surface area contributed by atoms with E-state index < -0.39 is 0 Å². The molecule has 0 aliphatic carbocycles. The molecule has 5 fully saturated rings. The van der Waals surface area contributed by atoms with Gasteiger partial charge in [-0.2, -0.15) is 0 Å². The first-order chi connectivity index (χ1) is 25.9. The molecular formula is C42H78N8O5. The number of likely N-dealkylation sites (N-methyl/N-ethyl adjacent to an activating group) is 1. The Morgan fingerprint density at radius 3 is 1.58 bits per heavy atom. The third-order valence-electron chi connectivity index (χ3n) is 12.0. The third kappa shape index (κ3) is 15.5. The first-order valence-corrected chi connectivity index (χ1v) is 21.4. The van der Waals surface area contributed by atoms with Gasteiger partial charge in [0.25, 0.3) is 0 Å². The normalized spacial score (nSPS) is 23.7. The summed E-state index contributed by atoms with van der Waals surface area (Å²) in [5.74, 6) is 1.72. The zero-order valence-electron chi connectivity index (χ0n) is 36.3. The lowest BCUT2D eigenvalue weighted by Crippen LogP contribution is -2.55. The molecule has 316 valence electrons. The molecule has 4 amide bonds. The topological polar surface area (TPSA) is 103 Å². The van der Waals surface area contributed by atoms with Crippen LogP contribution in [0.1, 0.15) is 87.0 Å². The van der Waals surface area contributed by atoms with Gasteiger partial charge in [-0.15, -0.1) is 0 Å². The minimum Gasteiger partial charge on any atom is -0.378 e. The molecule has 1 atom stereocenters. The van der Waals surface area contributed by atoms with Crippen molar-refractivity contribution >= 4 is 23.6 Å². The summed E-state index contributed by atoms with van der Waals surface area (Å²) >= 11 is 0. The Balaban J connectivity index is 0.000000245. The Kier molecular flexibility index (Phi) is 17.3. The zero-order valence-corrected chi connectivity index (χ0v) is 36.3. The Morgan fingerprint density at radius 2 is 1.09 bits per heavy atom. The summed E-state index contributed by atoms with van der Waals surface area (Å²) in [6.45, 7) is 30.5. The second-order valence-corrected chi connectivity index (χ2v) is 19.6. The minimum atomic E-state index is 0.0584. The Bertz CT molecular complexity index is 1220. The molecule has 0 aromatic rings. The summed E-state index contributed by atoms with van der Waals surface area (Å²) in [6, 6.07) is 1.06. The van der Waals surface area contributed by atoms with Crippen molar-refractivity contribution in [3.05, 3.63) is 0 Å². The molecule has 0 spiro atoms. The quantitative estimate of drug-likeness (QED) is 0.350. The largest absolute Gasteiger partial charge is 0.378 e. The highest BCUT2D eigenvalue weighted by Crippen LogP contribution is 2.26. The minimum absolute atomic E-state index is 0.0584. The zero-order chi connectivity index (χ0) is 40.3. The fourth-order valence-corrected chi connectivity index (χ4v) is 8.52. The molecule has 0 N–H and O–H groups in total. The van der Waals surface area contributed by atoms with Crippen LogP contribution in [0, 0.1) is 16.7 Å². The fraction of sp³-hybridized carbons (Fsp3) is 0.905. The lowest BCUT2D eigenvalue weighted by atomic mass is 9.90. The third-order valence-corrected chi connectivity index (χ3v) is 12.0. The lowest BCUT2D eigenvalue weighted by Gasteiger charge is -2.43. The molecule has 0 aromatic carbocycles. The van der Waals surface area contributed by atoms with Gasteiger partial charge in [-0.3, -0.25) is 38.8 Å². The lowest BCUT2D eigenvalue weighted by molar-refractivity contribution is -0.137. The van der Waals surface area contributed by atoms with Crippen LogP contribution in [0.25, 0.3) is 0 Å². The van der Waals surface area contributed by atoms with Gasteiger partial charge >= 0.3 is 0 Å². The summed E-state index contributed by atoms with van der Waals surface area (Å²) in [7, 11) is 3.64. The molecule has 5 heterocycles. The van der Waals surface area contributed by atoms with Crippen molar-refractivity contribution < 1.29 is 23.9 Å². The highest BCUT2D eigenvalue weighted by Gasteiger charge is 2.33. The fourth-order valence-electron chi connectivity index (χ4n) is 8.52. The van der Waals surface area contributed by atoms with E-state index >= 15 is 0 Å². The van der Waals surface area contributed by atoms with Crippen LogP contribution in [0.15, 0.2) is 0 Å². The smallest absolute Gasteiger partial charge is 0.236 e. The summed E-state index contributed by atoms with van der Waals surface area (Å²) in [4.78, 5) is 66.6. The number of carbonyl (C=O) groups excluding carboxylic acids is 4. The van der Waals surface area contributed by atoms with Gasteiger partial charge in [-0.05, 0) is 49.4 Å². The predicted molar refractivity (Wildman–Crippen MR) is 219 cm³/mol. The maximum Gasteiger partial charge on any atom is 0.236 e. The van der Waals surface area contributed by atoms with Gasteiger partial charge in [0.1, 0.15) is 0 Å². The molecule has 5 rings (SSSR count). The van der Waals surface area contributed by atoms with Gasteiger partial charge < -0.3 is 24.3 Å². The highest BCUT2D eigenvalue weighted by molar-refractivity contribution is 5.79. The number of hydrogen-bond donors (Lipinski definition) is 0. The molecule has 13 heteroatoms. The van der Waals surface area contributed by atoms with E-state index in [2.05, 4.69) is 77.9 Å². The van der Waals surface area contributed by atoms with Gasteiger partial charge in [0.2, 0.25) is 23.6 Å². The molecular weight excluding hydrogens is 697 g/mol. The molecule has 5 aliphatic rings. The maximum absolute atomic E-state index is 12.4. The van der Waals surface area contributed by atoms with Crippen molar-refractivity contribution in [2.75, 3.05) is 132 Å². The van der Waals surface area contributed by atoms with Gasteiger partial charge in [0.05, 0.1) is 26.3 Å². The molecule has 0 aromatic heterocycles. The predicted octanol–water partition coefficient (Wildman–Crippen LogP) is 2.65. The van der Waals surface area contributed by atoms with E-state index in [1.807, 2.05) is 19.0 Å². The van der Waals surface area contributed by atoms with Gasteiger partial charge in [0, 0.05) is 131 Å². The summed E-state index contributed by atoms with van der Waals surface area (Å²) in [5, 5.41) is 0. The Labute approximate surface area is 334 Å². The van der Waals surface area contributed by atoms with Gasteiger partial charge in [-0.1, -0.05) is 41.5 Å². The van der Waals surface area contributed by atoms with E-state index in [0.29, 0.717) is 69.0 Å². The number of piperidine rings is 2. The van der Waals surface area contributed by atoms with Crippen molar-refractivity contribution in [1.29, 1.82) is 0 Å². The number of ether oxygens (including phenoxy) is 1. The molecule has 55 heavy (non-hydrogen) atoms. The molecule has 5 saturated heterocycles. The number of rotatable bonds is 9. The highest BCUT2D eigenvalue weighted by atomic mass is 16.5. The summed E-state index contributed by atoms with van der Waals surface area (Å²) in [6.07, 6.45) is 5.64. The van der Waals surface area contributed by atoms with E-state index in [1.54, 1.807) is 4.90 Å². The summed E-state index contributed by atoms with van der Waals surface area (Å²) in [5.41, 5.74) is 0.125. The Hall–Kier alpha value is -2.32. The number of nitrogens with zero attached hydrogens (tertiary/aromatic N) is 8. The molecule has 0 radical (unpaired) electrons. The van der Waals surface area contributed by atoms with E-state index in [-0.39, 0.29) is 22.6 Å². The average molecular weight is 775 g/mol. The van der Waals surface area contributed by atoms with E-state index in [0.717, 1.165) is 117 Å². The van der Waals surface area contributed by atoms with Crippen molar-refractivity contribution in [3.8, 4) is 0 Å². The molecule has 13 nitrogen and oxygen atoms in total. The van der Waals surface area contributed by atoms with Crippen molar-refractivity contribution in [2.45, 2.75) is 99.1 Å². The number of carbonyl (C=O) groups is 4. The first kappa shape index (κ1) is 45.4. The monoisotopic (exact) mass is 775 g/mol.